The monoisotopic (exact) mass is 508 g/mol. The molecule has 0 unspecified atom stereocenters. The fourth-order valence-corrected chi connectivity index (χ4v) is 7.64. The Labute approximate surface area is 225 Å². The molecule has 188 valence electrons. The minimum atomic E-state index is -0.0636. The molecule has 7 rings (SSSR count). The average Bonchev–Trinajstić information content (AvgIpc) is 3.21. The Hall–Kier alpha value is -2.79. The lowest BCUT2D eigenvalue weighted by molar-refractivity contribution is 0.330. The average molecular weight is 509 g/mol. The highest BCUT2D eigenvalue weighted by Crippen LogP contribution is 2.48. The fourth-order valence-electron chi connectivity index (χ4n) is 6.40. The summed E-state index contributed by atoms with van der Waals surface area (Å²) < 4.78 is 24.5. The molecule has 0 radical (unpaired) electrons. The number of aryl methyl sites for hydroxylation is 1. The van der Waals surface area contributed by atoms with Crippen molar-refractivity contribution in [1.29, 1.82) is 0 Å². The van der Waals surface area contributed by atoms with Gasteiger partial charge in [0.25, 0.3) is 6.71 Å². The molecule has 0 saturated carbocycles. The molecular weight excluding hydrogens is 473 g/mol. The highest BCUT2D eigenvalue weighted by molar-refractivity contribution is 7.33. The molecule has 4 heterocycles. The zero-order chi connectivity index (χ0) is 26.9. The van der Waals surface area contributed by atoms with Gasteiger partial charge >= 0.3 is 0 Å². The van der Waals surface area contributed by atoms with Crippen molar-refractivity contribution in [2.75, 3.05) is 0 Å². The Morgan fingerprint density at radius 2 is 1.68 bits per heavy atom. The normalized spacial score (nSPS) is 18.7. The van der Waals surface area contributed by atoms with Crippen molar-refractivity contribution in [1.82, 2.24) is 4.98 Å². The molecule has 2 aromatic carbocycles. The van der Waals surface area contributed by atoms with Crippen molar-refractivity contribution in [3.8, 4) is 23.1 Å². The van der Waals surface area contributed by atoms with Crippen molar-refractivity contribution in [3.05, 3.63) is 58.8 Å². The molecule has 0 saturated heterocycles. The Kier molecular flexibility index (Phi) is 4.32. The van der Waals surface area contributed by atoms with Gasteiger partial charge in [0.05, 0.1) is 1.37 Å². The lowest BCUT2D eigenvalue weighted by Gasteiger charge is -2.43. The predicted octanol–water partition coefficient (Wildman–Crippen LogP) is 6.98. The lowest BCUT2D eigenvalue weighted by atomic mass is 9.37. The first-order valence-corrected chi connectivity index (χ1v) is 14.2. The minimum absolute atomic E-state index is 0.0343. The summed E-state index contributed by atoms with van der Waals surface area (Å²) in [6.45, 7) is 18.0. The van der Waals surface area contributed by atoms with E-state index in [1.165, 1.54) is 31.6 Å². The van der Waals surface area contributed by atoms with Gasteiger partial charge in [0.1, 0.15) is 17.2 Å². The molecule has 3 aliphatic rings. The van der Waals surface area contributed by atoms with E-state index in [9.17, 15) is 0 Å². The van der Waals surface area contributed by atoms with Crippen molar-refractivity contribution in [2.24, 2.45) is 0 Å². The molecule has 4 aromatic rings. The third-order valence-corrected chi connectivity index (χ3v) is 10.0. The standard InChI is InChI=1S/C32H34BNO2S/c1-17-13-24-26-29(34-17)36-23-16-21-20(31(5,6)11-12-32(21,7)8)15-22(23)33(26)28-27(35-24)19-14-18(30(2,3)4)9-10-25(19)37-28/h9-10,13-16H,11-12H2,1-8H3/i13D. The second-order valence-corrected chi connectivity index (χ2v) is 14.6. The van der Waals surface area contributed by atoms with E-state index in [2.05, 4.69) is 78.8 Å². The van der Waals surface area contributed by atoms with Crippen molar-refractivity contribution in [3.63, 3.8) is 0 Å². The van der Waals surface area contributed by atoms with E-state index in [-0.39, 0.29) is 23.0 Å². The Morgan fingerprint density at radius 3 is 2.38 bits per heavy atom. The Balaban J connectivity index is 1.55. The van der Waals surface area contributed by atoms with Gasteiger partial charge in [0.2, 0.25) is 5.88 Å². The molecule has 0 bridgehead atoms. The summed E-state index contributed by atoms with van der Waals surface area (Å²) in [5, 5.41) is 1.13. The second kappa shape index (κ2) is 7.20. The van der Waals surface area contributed by atoms with Gasteiger partial charge < -0.3 is 9.47 Å². The highest BCUT2D eigenvalue weighted by Gasteiger charge is 2.46. The number of hydrogen-bond donors (Lipinski definition) is 0. The number of benzene rings is 2. The minimum Gasteiger partial charge on any atom is -0.457 e. The van der Waals surface area contributed by atoms with Crippen molar-refractivity contribution >= 4 is 43.8 Å². The number of fused-ring (bicyclic) bond motifs is 7. The zero-order valence-electron chi connectivity index (χ0n) is 24.1. The van der Waals surface area contributed by atoms with Crippen LogP contribution in [0.5, 0.6) is 23.1 Å². The predicted molar refractivity (Wildman–Crippen MR) is 156 cm³/mol. The number of nitrogens with zero attached hydrogens (tertiary/aromatic N) is 1. The van der Waals surface area contributed by atoms with Gasteiger partial charge in [-0.2, -0.15) is 0 Å². The number of pyridine rings is 1. The molecular formula is C32H34BNO2S. The van der Waals surface area contributed by atoms with E-state index >= 15 is 0 Å². The maximum atomic E-state index is 8.91. The molecule has 0 fully saturated rings. The maximum Gasteiger partial charge on any atom is 0.275 e. The first-order valence-electron chi connectivity index (χ1n) is 13.9. The van der Waals surface area contributed by atoms with Crippen LogP contribution in [0.1, 0.15) is 85.1 Å². The number of hydrogen-bond acceptors (Lipinski definition) is 4. The fraction of sp³-hybridized carbons (Fsp3) is 0.406. The molecule has 2 aliphatic heterocycles. The Bertz CT molecular complexity index is 1690. The van der Waals surface area contributed by atoms with E-state index in [4.69, 9.17) is 15.8 Å². The van der Waals surface area contributed by atoms with E-state index in [1.807, 2.05) is 6.92 Å². The van der Waals surface area contributed by atoms with Crippen LogP contribution in [0.2, 0.25) is 0 Å². The van der Waals surface area contributed by atoms with Crippen LogP contribution in [0.25, 0.3) is 10.1 Å². The van der Waals surface area contributed by atoms with Crippen LogP contribution in [-0.4, -0.2) is 11.7 Å². The Morgan fingerprint density at radius 1 is 0.973 bits per heavy atom. The molecule has 2 aromatic heterocycles. The molecule has 3 nitrogen and oxygen atoms in total. The molecule has 0 N–H and O–H groups in total. The topological polar surface area (TPSA) is 31.4 Å². The van der Waals surface area contributed by atoms with Gasteiger partial charge in [-0.1, -0.05) is 60.6 Å². The summed E-state index contributed by atoms with van der Waals surface area (Å²) in [6, 6.07) is 11.8. The molecule has 5 heteroatoms. The van der Waals surface area contributed by atoms with E-state index in [1.54, 1.807) is 11.3 Å². The number of ether oxygens (including phenoxy) is 2. The van der Waals surface area contributed by atoms with Crippen molar-refractivity contribution < 1.29 is 10.8 Å². The molecule has 1 aliphatic carbocycles. The maximum absolute atomic E-state index is 8.91. The van der Waals surface area contributed by atoms with Crippen LogP contribution in [0.3, 0.4) is 0 Å². The third kappa shape index (κ3) is 3.29. The molecule has 0 atom stereocenters. The molecule has 0 spiro atoms. The van der Waals surface area contributed by atoms with Crippen LogP contribution < -0.4 is 25.2 Å². The van der Waals surface area contributed by atoms with E-state index in [0.29, 0.717) is 23.4 Å². The number of aromatic nitrogens is 1. The van der Waals surface area contributed by atoms with Gasteiger partial charge in [-0.05, 0) is 76.4 Å². The largest absolute Gasteiger partial charge is 0.457 e. The quantitative estimate of drug-likeness (QED) is 0.208. The van der Waals surface area contributed by atoms with E-state index in [0.717, 1.165) is 35.2 Å². The first kappa shape index (κ1) is 22.2. The van der Waals surface area contributed by atoms with Crippen LogP contribution in [0, 0.1) is 6.92 Å². The van der Waals surface area contributed by atoms with Gasteiger partial charge in [0, 0.05) is 32.1 Å². The van der Waals surface area contributed by atoms with Crippen LogP contribution in [0.4, 0.5) is 0 Å². The second-order valence-electron chi connectivity index (χ2n) is 13.5. The van der Waals surface area contributed by atoms with Crippen LogP contribution in [-0.2, 0) is 16.2 Å². The summed E-state index contributed by atoms with van der Waals surface area (Å²) in [7, 11) is 0. The summed E-state index contributed by atoms with van der Waals surface area (Å²) >= 11 is 1.80. The van der Waals surface area contributed by atoms with Crippen LogP contribution in [0.15, 0.2) is 36.4 Å². The summed E-state index contributed by atoms with van der Waals surface area (Å²) in [6.07, 6.45) is 2.31. The summed E-state index contributed by atoms with van der Waals surface area (Å²) in [5.74, 6) is 2.96. The van der Waals surface area contributed by atoms with Gasteiger partial charge in [-0.15, -0.1) is 11.3 Å². The first-order chi connectivity index (χ1) is 17.8. The molecule has 37 heavy (non-hydrogen) atoms. The van der Waals surface area contributed by atoms with Crippen molar-refractivity contribution in [2.45, 2.75) is 84.5 Å². The van der Waals surface area contributed by atoms with Gasteiger partial charge in [0.15, 0.2) is 0 Å². The summed E-state index contributed by atoms with van der Waals surface area (Å²) in [5.41, 5.74) is 6.97. The van der Waals surface area contributed by atoms with Gasteiger partial charge in [-0.25, -0.2) is 4.98 Å². The third-order valence-electron chi connectivity index (χ3n) is 8.83. The van der Waals surface area contributed by atoms with Crippen LogP contribution >= 0.6 is 11.3 Å². The smallest absolute Gasteiger partial charge is 0.275 e. The SMILES string of the molecule is [2H]c1c(C)nc2c3c1Oc1c(sc4ccc(C(C)(C)C)cc14)B3c1cc3c(cc1O2)C(C)(C)CCC3(C)C. The lowest BCUT2D eigenvalue weighted by Crippen LogP contribution is -2.57. The number of rotatable bonds is 0. The molecule has 0 amide bonds. The number of thiophene rings is 1. The van der Waals surface area contributed by atoms with Gasteiger partial charge in [-0.3, -0.25) is 0 Å². The van der Waals surface area contributed by atoms with E-state index < -0.39 is 0 Å². The highest BCUT2D eigenvalue weighted by atomic mass is 32.1. The zero-order valence-corrected chi connectivity index (χ0v) is 23.9. The summed E-state index contributed by atoms with van der Waals surface area (Å²) in [4.78, 5) is 4.77.